The van der Waals surface area contributed by atoms with E-state index in [4.69, 9.17) is 5.11 Å². The zero-order valence-electron chi connectivity index (χ0n) is 13.8. The highest BCUT2D eigenvalue weighted by Crippen LogP contribution is 2.08. The first-order valence-corrected chi connectivity index (χ1v) is 8.86. The summed E-state index contributed by atoms with van der Waals surface area (Å²) >= 11 is 3.95. The number of carboxylic acid groups (broad SMARTS) is 1. The first-order chi connectivity index (χ1) is 12.0. The van der Waals surface area contributed by atoms with Crippen molar-refractivity contribution in [3.8, 4) is 0 Å². The van der Waals surface area contributed by atoms with Gasteiger partial charge in [-0.3, -0.25) is 9.59 Å². The summed E-state index contributed by atoms with van der Waals surface area (Å²) in [5.74, 6) is -1.97. The number of amides is 2. The van der Waals surface area contributed by atoms with Gasteiger partial charge >= 0.3 is 5.97 Å². The fourth-order valence-electron chi connectivity index (χ4n) is 2.70. The maximum Gasteiger partial charge on any atom is 0.327 e. The number of hydrogen-bond donors (Lipinski definition) is 5. The van der Waals surface area contributed by atoms with E-state index in [1.807, 2.05) is 30.3 Å². The van der Waals surface area contributed by atoms with Gasteiger partial charge in [0.2, 0.25) is 11.8 Å². The molecule has 0 saturated carbocycles. The lowest BCUT2D eigenvalue weighted by molar-refractivity contribution is -0.141. The molecule has 2 rings (SSSR count). The van der Waals surface area contributed by atoms with Gasteiger partial charge in [-0.1, -0.05) is 30.3 Å². The van der Waals surface area contributed by atoms with Crippen LogP contribution in [0.2, 0.25) is 0 Å². The first-order valence-electron chi connectivity index (χ1n) is 8.23. The fraction of sp³-hybridized carbons (Fsp3) is 0.471. The van der Waals surface area contributed by atoms with Gasteiger partial charge in [0.05, 0.1) is 6.04 Å². The van der Waals surface area contributed by atoms with Crippen molar-refractivity contribution in [3.63, 3.8) is 0 Å². The molecule has 8 heteroatoms. The number of nitrogens with one attached hydrogen (secondary N) is 3. The number of carbonyl (C=O) groups is 3. The van der Waals surface area contributed by atoms with Crippen LogP contribution in [-0.4, -0.2) is 53.3 Å². The Balaban J connectivity index is 2.08. The van der Waals surface area contributed by atoms with Crippen LogP contribution >= 0.6 is 12.6 Å². The molecule has 0 aliphatic carbocycles. The lowest BCUT2D eigenvalue weighted by Gasteiger charge is -2.22. The third kappa shape index (κ3) is 5.75. The zero-order chi connectivity index (χ0) is 18.2. The molecule has 1 saturated heterocycles. The third-order valence-corrected chi connectivity index (χ3v) is 4.45. The summed E-state index contributed by atoms with van der Waals surface area (Å²) in [5.41, 5.74) is 0.875. The first kappa shape index (κ1) is 19.3. The van der Waals surface area contributed by atoms with Crippen molar-refractivity contribution in [2.75, 3.05) is 12.3 Å². The Bertz CT molecular complexity index is 605. The monoisotopic (exact) mass is 365 g/mol. The third-order valence-electron chi connectivity index (χ3n) is 4.09. The molecule has 0 radical (unpaired) electrons. The van der Waals surface area contributed by atoms with Crippen molar-refractivity contribution in [1.82, 2.24) is 16.0 Å². The number of aliphatic carboxylic acids is 1. The molecule has 0 aromatic heterocycles. The quantitative estimate of drug-likeness (QED) is 0.416. The van der Waals surface area contributed by atoms with E-state index < -0.39 is 24.0 Å². The van der Waals surface area contributed by atoms with Crippen LogP contribution in [0.25, 0.3) is 0 Å². The van der Waals surface area contributed by atoms with E-state index in [0.29, 0.717) is 0 Å². The average molecular weight is 365 g/mol. The number of carbonyl (C=O) groups excluding carboxylic acids is 2. The van der Waals surface area contributed by atoms with Crippen molar-refractivity contribution in [2.24, 2.45) is 0 Å². The Morgan fingerprint density at radius 2 is 1.92 bits per heavy atom. The average Bonchev–Trinajstić information content (AvgIpc) is 3.14. The molecule has 4 N–H and O–H groups in total. The summed E-state index contributed by atoms with van der Waals surface area (Å²) in [5, 5.41) is 17.3. The van der Waals surface area contributed by atoms with Crippen molar-refractivity contribution in [2.45, 2.75) is 37.4 Å². The van der Waals surface area contributed by atoms with Gasteiger partial charge in [-0.05, 0) is 24.9 Å². The summed E-state index contributed by atoms with van der Waals surface area (Å²) < 4.78 is 0. The van der Waals surface area contributed by atoms with Gasteiger partial charge in [-0.25, -0.2) is 4.79 Å². The van der Waals surface area contributed by atoms with E-state index in [1.54, 1.807) is 0 Å². The number of benzene rings is 1. The van der Waals surface area contributed by atoms with E-state index in [0.717, 1.165) is 24.9 Å². The number of thiol groups is 1. The Labute approximate surface area is 152 Å². The zero-order valence-corrected chi connectivity index (χ0v) is 14.7. The molecule has 1 aliphatic rings. The standard InChI is InChI=1S/C17H23N3O4S/c21-15(12-7-4-8-18-12)19-13(9-11-5-2-1-3-6-11)16(22)20-14(10-25)17(23)24/h1-3,5-6,12-14,18,25H,4,7-10H2,(H,19,21)(H,20,22)(H,23,24)/t12-,13-,14-/m0/s1. The Morgan fingerprint density at radius 3 is 2.48 bits per heavy atom. The molecule has 0 bridgehead atoms. The molecule has 1 heterocycles. The summed E-state index contributed by atoms with van der Waals surface area (Å²) in [6.45, 7) is 0.772. The van der Waals surface area contributed by atoms with Gasteiger partial charge in [0.1, 0.15) is 12.1 Å². The summed E-state index contributed by atoms with van der Waals surface area (Å²) in [4.78, 5) is 36.0. The van der Waals surface area contributed by atoms with E-state index >= 15 is 0 Å². The molecule has 136 valence electrons. The second-order valence-corrected chi connectivity index (χ2v) is 6.35. The van der Waals surface area contributed by atoms with E-state index in [1.165, 1.54) is 0 Å². The highest BCUT2D eigenvalue weighted by atomic mass is 32.1. The van der Waals surface area contributed by atoms with Crippen molar-refractivity contribution in [3.05, 3.63) is 35.9 Å². The molecule has 1 aliphatic heterocycles. The Morgan fingerprint density at radius 1 is 1.20 bits per heavy atom. The predicted octanol–water partition coefficient (Wildman–Crippen LogP) is -0.0349. The minimum atomic E-state index is -1.16. The smallest absolute Gasteiger partial charge is 0.327 e. The second-order valence-electron chi connectivity index (χ2n) is 5.98. The molecular weight excluding hydrogens is 342 g/mol. The molecule has 3 atom stereocenters. The van der Waals surface area contributed by atoms with Gasteiger partial charge in [-0.15, -0.1) is 0 Å². The van der Waals surface area contributed by atoms with Crippen LogP contribution < -0.4 is 16.0 Å². The van der Waals surface area contributed by atoms with Gasteiger partial charge in [-0.2, -0.15) is 12.6 Å². The lowest BCUT2D eigenvalue weighted by atomic mass is 10.0. The second kappa shape index (κ2) is 9.43. The maximum atomic E-state index is 12.5. The molecule has 1 aromatic carbocycles. The molecule has 0 unspecified atom stereocenters. The number of carboxylic acids is 1. The van der Waals surface area contributed by atoms with Crippen LogP contribution in [-0.2, 0) is 20.8 Å². The minimum Gasteiger partial charge on any atom is -0.480 e. The SMILES string of the molecule is O=C(O)[C@H](CS)NC(=O)[C@H](Cc1ccccc1)NC(=O)[C@@H]1CCCN1. The van der Waals surface area contributed by atoms with Crippen LogP contribution in [0.5, 0.6) is 0 Å². The molecule has 1 fully saturated rings. The van der Waals surface area contributed by atoms with E-state index in [-0.39, 0.29) is 24.1 Å². The Kier molecular flexibility index (Phi) is 7.27. The van der Waals surface area contributed by atoms with Gasteiger partial charge in [0, 0.05) is 12.2 Å². The van der Waals surface area contributed by atoms with Crippen molar-refractivity contribution in [1.29, 1.82) is 0 Å². The Hall–Kier alpha value is -2.06. The number of hydrogen-bond acceptors (Lipinski definition) is 5. The molecule has 0 spiro atoms. The highest BCUT2D eigenvalue weighted by Gasteiger charge is 2.29. The highest BCUT2D eigenvalue weighted by molar-refractivity contribution is 7.80. The van der Waals surface area contributed by atoms with Crippen LogP contribution in [0, 0.1) is 0 Å². The summed E-state index contributed by atoms with van der Waals surface area (Å²) in [7, 11) is 0. The summed E-state index contributed by atoms with van der Waals surface area (Å²) in [6.07, 6.45) is 1.92. The van der Waals surface area contributed by atoms with Gasteiger partial charge in [0.25, 0.3) is 0 Å². The molecule has 25 heavy (non-hydrogen) atoms. The number of rotatable bonds is 8. The van der Waals surface area contributed by atoms with Crippen LogP contribution in [0.1, 0.15) is 18.4 Å². The fourth-order valence-corrected chi connectivity index (χ4v) is 2.94. The molecule has 1 aromatic rings. The van der Waals surface area contributed by atoms with Crippen LogP contribution in [0.4, 0.5) is 0 Å². The maximum absolute atomic E-state index is 12.5. The van der Waals surface area contributed by atoms with Crippen molar-refractivity contribution < 1.29 is 19.5 Å². The van der Waals surface area contributed by atoms with E-state index in [2.05, 4.69) is 28.6 Å². The lowest BCUT2D eigenvalue weighted by Crippen LogP contribution is -2.55. The molecule has 2 amide bonds. The molecular formula is C17H23N3O4S. The van der Waals surface area contributed by atoms with Gasteiger partial charge < -0.3 is 21.1 Å². The normalized spacial score (nSPS) is 19.0. The topological polar surface area (TPSA) is 108 Å². The minimum absolute atomic E-state index is 0.0305. The van der Waals surface area contributed by atoms with E-state index in [9.17, 15) is 14.4 Å². The largest absolute Gasteiger partial charge is 0.480 e. The van der Waals surface area contributed by atoms with Gasteiger partial charge in [0.15, 0.2) is 0 Å². The summed E-state index contributed by atoms with van der Waals surface area (Å²) in [6, 6.07) is 7.00. The predicted molar refractivity (Wildman–Crippen MR) is 96.5 cm³/mol. The van der Waals surface area contributed by atoms with Crippen LogP contribution in [0.3, 0.4) is 0 Å². The van der Waals surface area contributed by atoms with Crippen molar-refractivity contribution >= 4 is 30.4 Å². The molecule has 7 nitrogen and oxygen atoms in total. The van der Waals surface area contributed by atoms with Crippen LogP contribution in [0.15, 0.2) is 30.3 Å².